The Morgan fingerprint density at radius 3 is 2.89 bits per heavy atom. The first-order valence-corrected chi connectivity index (χ1v) is 5.82. The van der Waals surface area contributed by atoms with Gasteiger partial charge in [-0.2, -0.15) is 4.98 Å². The second-order valence-electron chi connectivity index (χ2n) is 4.50. The Morgan fingerprint density at radius 1 is 1.53 bits per heavy atom. The molecule has 100 valence electrons. The van der Waals surface area contributed by atoms with E-state index < -0.39 is 10.5 Å². The summed E-state index contributed by atoms with van der Waals surface area (Å²) in [6.07, 6.45) is 0.654. The van der Waals surface area contributed by atoms with Crippen LogP contribution >= 0.6 is 0 Å². The van der Waals surface area contributed by atoms with E-state index in [1.54, 1.807) is 19.1 Å². The normalized spacial score (nSPS) is 14.1. The van der Waals surface area contributed by atoms with Crippen molar-refractivity contribution in [2.45, 2.75) is 25.8 Å². The van der Waals surface area contributed by atoms with Gasteiger partial charge in [0.2, 0.25) is 0 Å². The van der Waals surface area contributed by atoms with Gasteiger partial charge in [0.1, 0.15) is 0 Å². The maximum absolute atomic E-state index is 10.7. The van der Waals surface area contributed by atoms with Gasteiger partial charge in [-0.3, -0.25) is 10.1 Å². The minimum atomic E-state index is -0.678. The molecule has 1 aromatic carbocycles. The molecule has 0 aliphatic rings. The van der Waals surface area contributed by atoms with Crippen molar-refractivity contribution in [3.8, 4) is 11.5 Å². The van der Waals surface area contributed by atoms with Crippen LogP contribution in [0.25, 0.3) is 11.5 Å². The van der Waals surface area contributed by atoms with Gasteiger partial charge in [0.25, 0.3) is 11.6 Å². The number of benzene rings is 1. The fourth-order valence-electron chi connectivity index (χ4n) is 1.48. The van der Waals surface area contributed by atoms with Gasteiger partial charge < -0.3 is 10.3 Å². The Kier molecular flexibility index (Phi) is 3.30. The first kappa shape index (κ1) is 13.2. The largest absolute Gasteiger partial charge is 0.334 e. The summed E-state index contributed by atoms with van der Waals surface area (Å²) in [5, 5.41) is 14.5. The zero-order chi connectivity index (χ0) is 14.0. The van der Waals surface area contributed by atoms with E-state index in [1.807, 2.05) is 6.92 Å². The van der Waals surface area contributed by atoms with E-state index in [1.165, 1.54) is 12.1 Å². The predicted octanol–water partition coefficient (Wildman–Crippen LogP) is 2.23. The summed E-state index contributed by atoms with van der Waals surface area (Å²) in [6.45, 7) is 3.72. The van der Waals surface area contributed by atoms with Crippen molar-refractivity contribution in [3.63, 3.8) is 0 Å². The van der Waals surface area contributed by atoms with E-state index in [-0.39, 0.29) is 11.6 Å². The monoisotopic (exact) mass is 262 g/mol. The molecule has 0 fully saturated rings. The summed E-state index contributed by atoms with van der Waals surface area (Å²) in [5.41, 5.74) is 5.81. The third-order valence-corrected chi connectivity index (χ3v) is 2.98. The molecule has 7 heteroatoms. The SMILES string of the molecule is CCC(C)(N)c1noc(-c2cccc([N+](=O)[O-])c2)n1. The van der Waals surface area contributed by atoms with Crippen LogP contribution in [-0.4, -0.2) is 15.1 Å². The van der Waals surface area contributed by atoms with Gasteiger partial charge in [-0.05, 0) is 19.4 Å². The molecule has 1 atom stereocenters. The van der Waals surface area contributed by atoms with Gasteiger partial charge in [-0.1, -0.05) is 18.1 Å². The number of aromatic nitrogens is 2. The number of nitrogens with zero attached hydrogens (tertiary/aromatic N) is 3. The molecule has 0 saturated heterocycles. The van der Waals surface area contributed by atoms with Crippen LogP contribution in [0.4, 0.5) is 5.69 Å². The summed E-state index contributed by atoms with van der Waals surface area (Å²) in [5.74, 6) is 0.611. The fourth-order valence-corrected chi connectivity index (χ4v) is 1.48. The standard InChI is InChI=1S/C12H14N4O3/c1-3-12(2,13)11-14-10(19-15-11)8-5-4-6-9(7-8)16(17)18/h4-7H,3,13H2,1-2H3. The van der Waals surface area contributed by atoms with Crippen molar-refractivity contribution in [3.05, 3.63) is 40.2 Å². The third kappa shape index (κ3) is 2.60. The molecule has 0 bridgehead atoms. The maximum atomic E-state index is 10.7. The lowest BCUT2D eigenvalue weighted by Crippen LogP contribution is -2.33. The van der Waals surface area contributed by atoms with E-state index in [2.05, 4.69) is 10.1 Å². The molecule has 7 nitrogen and oxygen atoms in total. The number of nitro groups is 1. The van der Waals surface area contributed by atoms with Crippen molar-refractivity contribution >= 4 is 5.69 Å². The summed E-state index contributed by atoms with van der Waals surface area (Å²) in [4.78, 5) is 14.4. The highest BCUT2D eigenvalue weighted by Crippen LogP contribution is 2.25. The van der Waals surface area contributed by atoms with Crippen molar-refractivity contribution in [1.29, 1.82) is 0 Å². The second kappa shape index (κ2) is 4.77. The zero-order valence-electron chi connectivity index (χ0n) is 10.7. The average molecular weight is 262 g/mol. The van der Waals surface area contributed by atoms with Crippen LogP contribution in [0.1, 0.15) is 26.1 Å². The molecule has 0 amide bonds. The van der Waals surface area contributed by atoms with E-state index in [0.29, 0.717) is 17.8 Å². The van der Waals surface area contributed by atoms with E-state index >= 15 is 0 Å². The molecule has 0 aliphatic carbocycles. The molecule has 1 aromatic heterocycles. The highest BCUT2D eigenvalue weighted by atomic mass is 16.6. The highest BCUT2D eigenvalue weighted by Gasteiger charge is 2.25. The molecule has 1 heterocycles. The zero-order valence-corrected chi connectivity index (χ0v) is 10.7. The number of rotatable bonds is 4. The highest BCUT2D eigenvalue weighted by molar-refractivity contribution is 5.57. The molecule has 1 unspecified atom stereocenters. The first-order valence-electron chi connectivity index (χ1n) is 5.82. The van der Waals surface area contributed by atoms with Crippen molar-refractivity contribution in [1.82, 2.24) is 10.1 Å². The Labute approximate surface area is 109 Å². The fraction of sp³-hybridized carbons (Fsp3) is 0.333. The minimum Gasteiger partial charge on any atom is -0.334 e. The van der Waals surface area contributed by atoms with E-state index in [0.717, 1.165) is 0 Å². The smallest absolute Gasteiger partial charge is 0.270 e. The number of nitro benzene ring substituents is 1. The molecule has 0 saturated carbocycles. The topological polar surface area (TPSA) is 108 Å². The average Bonchev–Trinajstić information content (AvgIpc) is 2.89. The molecular weight excluding hydrogens is 248 g/mol. The van der Waals surface area contributed by atoms with Crippen LogP contribution in [-0.2, 0) is 5.54 Å². The first-order chi connectivity index (χ1) is 8.94. The van der Waals surface area contributed by atoms with Gasteiger partial charge in [0.05, 0.1) is 10.5 Å². The summed E-state index contributed by atoms with van der Waals surface area (Å²) < 4.78 is 5.11. The van der Waals surface area contributed by atoms with Crippen molar-refractivity contribution in [2.75, 3.05) is 0 Å². The number of non-ortho nitro benzene ring substituents is 1. The second-order valence-corrected chi connectivity index (χ2v) is 4.50. The van der Waals surface area contributed by atoms with E-state index in [4.69, 9.17) is 10.3 Å². The molecule has 0 aliphatic heterocycles. The Hall–Kier alpha value is -2.28. The lowest BCUT2D eigenvalue weighted by atomic mass is 10.00. The molecule has 0 spiro atoms. The quantitative estimate of drug-likeness (QED) is 0.668. The summed E-state index contributed by atoms with van der Waals surface area (Å²) >= 11 is 0. The van der Waals surface area contributed by atoms with Gasteiger partial charge in [-0.25, -0.2) is 0 Å². The van der Waals surface area contributed by atoms with Crippen molar-refractivity contribution < 1.29 is 9.45 Å². The lowest BCUT2D eigenvalue weighted by Gasteiger charge is -2.16. The molecular formula is C12H14N4O3. The minimum absolute atomic E-state index is 0.0248. The Morgan fingerprint density at radius 2 is 2.26 bits per heavy atom. The molecule has 19 heavy (non-hydrogen) atoms. The van der Waals surface area contributed by atoms with Crippen LogP contribution in [0.2, 0.25) is 0 Å². The third-order valence-electron chi connectivity index (χ3n) is 2.98. The van der Waals surface area contributed by atoms with Crippen LogP contribution in [0.15, 0.2) is 28.8 Å². The van der Waals surface area contributed by atoms with Crippen molar-refractivity contribution in [2.24, 2.45) is 5.73 Å². The van der Waals surface area contributed by atoms with Crippen LogP contribution < -0.4 is 5.73 Å². The van der Waals surface area contributed by atoms with Crippen LogP contribution in [0.5, 0.6) is 0 Å². The summed E-state index contributed by atoms with van der Waals surface area (Å²) in [7, 11) is 0. The van der Waals surface area contributed by atoms with Crippen LogP contribution in [0.3, 0.4) is 0 Å². The molecule has 0 radical (unpaired) electrons. The van der Waals surface area contributed by atoms with Gasteiger partial charge in [0, 0.05) is 17.7 Å². The van der Waals surface area contributed by atoms with Gasteiger partial charge in [0.15, 0.2) is 5.82 Å². The Balaban J connectivity index is 2.38. The number of hydrogen-bond acceptors (Lipinski definition) is 6. The molecule has 2 aromatic rings. The van der Waals surface area contributed by atoms with E-state index in [9.17, 15) is 10.1 Å². The predicted molar refractivity (Wildman–Crippen MR) is 68.2 cm³/mol. The number of hydrogen-bond donors (Lipinski definition) is 1. The molecule has 2 rings (SSSR count). The summed E-state index contributed by atoms with van der Waals surface area (Å²) in [6, 6.07) is 6.03. The lowest BCUT2D eigenvalue weighted by molar-refractivity contribution is -0.384. The van der Waals surface area contributed by atoms with Crippen LogP contribution in [0, 0.1) is 10.1 Å². The van der Waals surface area contributed by atoms with Gasteiger partial charge in [-0.15, -0.1) is 0 Å². The maximum Gasteiger partial charge on any atom is 0.270 e. The molecule has 2 N–H and O–H groups in total. The Bertz CT molecular complexity index is 607. The number of nitrogens with two attached hydrogens (primary N) is 1. The van der Waals surface area contributed by atoms with Gasteiger partial charge >= 0.3 is 0 Å².